The van der Waals surface area contributed by atoms with Gasteiger partial charge >= 0.3 is 0 Å². The second kappa shape index (κ2) is 7.20. The fourth-order valence-corrected chi connectivity index (χ4v) is 4.13. The first-order chi connectivity index (χ1) is 14.2. The molecule has 6 nitrogen and oxygen atoms in total. The minimum Gasteiger partial charge on any atom is -0.365 e. The van der Waals surface area contributed by atoms with Crippen LogP contribution in [0.1, 0.15) is 12.5 Å². The van der Waals surface area contributed by atoms with Gasteiger partial charge in [-0.25, -0.2) is 4.98 Å². The summed E-state index contributed by atoms with van der Waals surface area (Å²) in [5.74, 6) is 1.68. The van der Waals surface area contributed by atoms with Crippen LogP contribution < -0.4 is 9.80 Å². The Balaban J connectivity index is 1.48. The highest BCUT2D eigenvalue weighted by Crippen LogP contribution is 2.27. The third-order valence-corrected chi connectivity index (χ3v) is 5.59. The van der Waals surface area contributed by atoms with Crippen molar-refractivity contribution >= 4 is 17.3 Å². The molecule has 4 aromatic rings. The fraction of sp³-hybridized carbons (Fsp3) is 0.261. The summed E-state index contributed by atoms with van der Waals surface area (Å²) in [5.41, 5.74) is 4.60. The molecule has 0 saturated carbocycles. The number of anilines is 2. The van der Waals surface area contributed by atoms with E-state index >= 15 is 0 Å². The van der Waals surface area contributed by atoms with Gasteiger partial charge in [0.05, 0.1) is 5.69 Å². The quantitative estimate of drug-likeness (QED) is 0.538. The molecule has 0 N–H and O–H groups in total. The molecule has 1 aliphatic rings. The van der Waals surface area contributed by atoms with Crippen molar-refractivity contribution in [3.05, 3.63) is 72.6 Å². The third kappa shape index (κ3) is 3.31. The molecule has 0 unspecified atom stereocenters. The second-order valence-electron chi connectivity index (χ2n) is 7.66. The molecule has 0 spiro atoms. The van der Waals surface area contributed by atoms with Crippen molar-refractivity contribution in [2.24, 2.45) is 0 Å². The number of hydrogen-bond acceptors (Lipinski definition) is 5. The summed E-state index contributed by atoms with van der Waals surface area (Å²) in [7, 11) is 0. The van der Waals surface area contributed by atoms with E-state index in [9.17, 15) is 0 Å². The number of aryl methyl sites for hydroxylation is 1. The van der Waals surface area contributed by atoms with E-state index in [4.69, 9.17) is 4.98 Å². The molecule has 6 heteroatoms. The highest BCUT2D eigenvalue weighted by Gasteiger charge is 2.26. The van der Waals surface area contributed by atoms with E-state index in [1.807, 2.05) is 22.7 Å². The van der Waals surface area contributed by atoms with Crippen LogP contribution in [0.3, 0.4) is 0 Å². The predicted molar refractivity (Wildman–Crippen MR) is 116 cm³/mol. The molecule has 29 heavy (non-hydrogen) atoms. The molecule has 1 saturated heterocycles. The van der Waals surface area contributed by atoms with Crippen molar-refractivity contribution in [2.45, 2.75) is 19.9 Å². The molecular formula is C23H24N6. The zero-order valence-electron chi connectivity index (χ0n) is 16.7. The molecule has 1 fully saturated rings. The summed E-state index contributed by atoms with van der Waals surface area (Å²) in [5, 5.41) is 4.43. The Kier molecular flexibility index (Phi) is 4.39. The lowest BCUT2D eigenvalue weighted by molar-refractivity contribution is 0.543. The lowest BCUT2D eigenvalue weighted by Crippen LogP contribution is -2.52. The smallest absolute Gasteiger partial charge is 0.254 e. The first-order valence-corrected chi connectivity index (χ1v) is 10.0. The Morgan fingerprint density at radius 3 is 2.62 bits per heavy atom. The van der Waals surface area contributed by atoms with Gasteiger partial charge in [-0.05, 0) is 31.5 Å². The van der Waals surface area contributed by atoms with Crippen LogP contribution in [-0.2, 0) is 0 Å². The van der Waals surface area contributed by atoms with Crippen LogP contribution >= 0.6 is 0 Å². The van der Waals surface area contributed by atoms with Gasteiger partial charge in [0.15, 0.2) is 0 Å². The number of nitrogens with zero attached hydrogens (tertiary/aromatic N) is 6. The third-order valence-electron chi connectivity index (χ3n) is 5.59. The molecule has 0 radical (unpaired) electrons. The number of fused-ring (bicyclic) bond motifs is 1. The number of hydrogen-bond donors (Lipinski definition) is 0. The Hall–Kier alpha value is -3.41. The molecule has 146 valence electrons. The van der Waals surface area contributed by atoms with Crippen molar-refractivity contribution in [3.8, 4) is 11.3 Å². The van der Waals surface area contributed by atoms with E-state index in [0.29, 0.717) is 11.8 Å². The Morgan fingerprint density at radius 1 is 0.966 bits per heavy atom. The summed E-state index contributed by atoms with van der Waals surface area (Å²) >= 11 is 0. The molecule has 1 atom stereocenters. The van der Waals surface area contributed by atoms with Crippen molar-refractivity contribution in [1.82, 2.24) is 19.6 Å². The van der Waals surface area contributed by atoms with E-state index in [0.717, 1.165) is 36.7 Å². The van der Waals surface area contributed by atoms with Crippen LogP contribution in [0.5, 0.6) is 0 Å². The van der Waals surface area contributed by atoms with Crippen molar-refractivity contribution < 1.29 is 0 Å². The normalized spacial score (nSPS) is 17.1. The maximum atomic E-state index is 4.70. The lowest BCUT2D eigenvalue weighted by atomic mass is 10.1. The van der Waals surface area contributed by atoms with Crippen LogP contribution in [0.25, 0.3) is 17.0 Å². The summed E-state index contributed by atoms with van der Waals surface area (Å²) < 4.78 is 1.85. The molecule has 3 heterocycles. The fourth-order valence-electron chi connectivity index (χ4n) is 4.13. The largest absolute Gasteiger partial charge is 0.365 e. The molecule has 0 amide bonds. The van der Waals surface area contributed by atoms with E-state index in [1.54, 1.807) is 6.33 Å². The summed E-state index contributed by atoms with van der Waals surface area (Å²) in [4.78, 5) is 13.9. The Labute approximate surface area is 170 Å². The number of benzene rings is 2. The first-order valence-electron chi connectivity index (χ1n) is 10.0. The Bertz CT molecular complexity index is 1140. The van der Waals surface area contributed by atoms with Crippen molar-refractivity contribution in [1.29, 1.82) is 0 Å². The summed E-state index contributed by atoms with van der Waals surface area (Å²) in [6.45, 7) is 7.23. The van der Waals surface area contributed by atoms with Gasteiger partial charge in [-0.1, -0.05) is 42.5 Å². The number of rotatable bonds is 3. The molecular weight excluding hydrogens is 360 g/mol. The van der Waals surface area contributed by atoms with E-state index < -0.39 is 0 Å². The maximum Gasteiger partial charge on any atom is 0.254 e. The molecule has 1 aliphatic heterocycles. The van der Waals surface area contributed by atoms with E-state index in [2.05, 4.69) is 76.2 Å². The monoisotopic (exact) mass is 384 g/mol. The van der Waals surface area contributed by atoms with Crippen LogP contribution in [0.15, 0.2) is 67.0 Å². The van der Waals surface area contributed by atoms with Gasteiger partial charge in [-0.2, -0.15) is 14.6 Å². The summed E-state index contributed by atoms with van der Waals surface area (Å²) in [6, 6.07) is 21.5. The first kappa shape index (κ1) is 17.7. The molecule has 2 aromatic carbocycles. The lowest BCUT2D eigenvalue weighted by Gasteiger charge is -2.42. The van der Waals surface area contributed by atoms with Crippen LogP contribution in [0.4, 0.5) is 11.5 Å². The zero-order chi connectivity index (χ0) is 19.8. The van der Waals surface area contributed by atoms with Gasteiger partial charge < -0.3 is 9.80 Å². The van der Waals surface area contributed by atoms with Crippen LogP contribution in [0.2, 0.25) is 0 Å². The molecule has 2 aromatic heterocycles. The highest BCUT2D eigenvalue weighted by atomic mass is 15.4. The Morgan fingerprint density at radius 2 is 1.83 bits per heavy atom. The van der Waals surface area contributed by atoms with E-state index in [1.165, 1.54) is 11.3 Å². The van der Waals surface area contributed by atoms with Crippen molar-refractivity contribution in [2.75, 3.05) is 29.4 Å². The van der Waals surface area contributed by atoms with Gasteiger partial charge in [-0.15, -0.1) is 0 Å². The molecule has 0 bridgehead atoms. The van der Waals surface area contributed by atoms with E-state index in [-0.39, 0.29) is 0 Å². The zero-order valence-corrected chi connectivity index (χ0v) is 16.7. The predicted octanol–water partition coefficient (Wildman–Crippen LogP) is 3.81. The van der Waals surface area contributed by atoms with Gasteiger partial charge in [0.1, 0.15) is 12.1 Å². The van der Waals surface area contributed by atoms with Gasteiger partial charge in [0.2, 0.25) is 0 Å². The maximum absolute atomic E-state index is 4.70. The van der Waals surface area contributed by atoms with Gasteiger partial charge in [0, 0.05) is 43.0 Å². The van der Waals surface area contributed by atoms with Crippen molar-refractivity contribution in [3.63, 3.8) is 0 Å². The second-order valence-corrected chi connectivity index (χ2v) is 7.66. The average Bonchev–Trinajstić information content (AvgIpc) is 3.22. The standard InChI is InChI=1S/C23H24N6/c1-17-7-6-10-20(13-17)28-12-11-27(15-18(28)2)22-14-21(19-8-4-3-5-9-19)26-23-24-16-25-29(22)23/h3-10,13-14,16,18H,11-12,15H2,1-2H3/t18-/m0/s1. The van der Waals surface area contributed by atoms with Crippen LogP contribution in [0, 0.1) is 6.92 Å². The van der Waals surface area contributed by atoms with Crippen LogP contribution in [-0.4, -0.2) is 45.3 Å². The average molecular weight is 384 g/mol. The minimum absolute atomic E-state index is 0.387. The molecule has 5 rings (SSSR count). The SMILES string of the molecule is Cc1cccc(N2CCN(c3cc(-c4ccccc4)nc4ncnn34)C[C@@H]2C)c1. The number of piperazine rings is 1. The molecule has 0 aliphatic carbocycles. The van der Waals surface area contributed by atoms with Gasteiger partial charge in [-0.3, -0.25) is 0 Å². The topological polar surface area (TPSA) is 49.6 Å². The van der Waals surface area contributed by atoms with Gasteiger partial charge in [0.25, 0.3) is 5.78 Å². The minimum atomic E-state index is 0.387. The highest BCUT2D eigenvalue weighted by molar-refractivity contribution is 5.66. The number of aromatic nitrogens is 4. The summed E-state index contributed by atoms with van der Waals surface area (Å²) in [6.07, 6.45) is 1.58.